The monoisotopic (exact) mass is 480 g/mol. The molecule has 0 unspecified atom stereocenters. The summed E-state index contributed by atoms with van der Waals surface area (Å²) in [6.45, 7) is 1.55. The normalized spacial score (nSPS) is 18.8. The lowest BCUT2D eigenvalue weighted by atomic mass is 10.2. The molecule has 0 aromatic heterocycles. The largest absolute Gasteiger partial charge is 0.293 e. The van der Waals surface area contributed by atoms with E-state index in [0.717, 1.165) is 26.3 Å². The van der Waals surface area contributed by atoms with Crippen LogP contribution in [0, 0.1) is 0 Å². The van der Waals surface area contributed by atoms with Crippen molar-refractivity contribution in [3.8, 4) is 0 Å². The molecule has 29 heavy (non-hydrogen) atoms. The number of ketones is 1. The summed E-state index contributed by atoms with van der Waals surface area (Å²) >= 11 is 9.77. The minimum Gasteiger partial charge on any atom is -0.293 e. The molecule has 0 spiro atoms. The molecule has 3 aromatic carbocycles. The number of Topliss-reactive ketones (excluding diaryl/α,β-unsaturated/α-hetero) is 1. The SMILES string of the molecule is CC(=O)C1=NN(c2ccc(Br)cc2)C=C(c2ccccc2)[P@@]1(=S)c1ccccc1. The first-order chi connectivity index (χ1) is 14.0. The van der Waals surface area contributed by atoms with Gasteiger partial charge in [0.2, 0.25) is 0 Å². The van der Waals surface area contributed by atoms with Gasteiger partial charge in [-0.15, -0.1) is 0 Å². The van der Waals surface area contributed by atoms with Crippen molar-refractivity contribution in [1.82, 2.24) is 0 Å². The lowest BCUT2D eigenvalue weighted by Gasteiger charge is -2.33. The summed E-state index contributed by atoms with van der Waals surface area (Å²) in [4.78, 5) is 12.8. The summed E-state index contributed by atoms with van der Waals surface area (Å²) in [6, 6.07) is 25.2. The van der Waals surface area contributed by atoms with E-state index in [1.165, 1.54) is 0 Å². The highest BCUT2D eigenvalue weighted by molar-refractivity contribution is 9.10. The van der Waals surface area contributed by atoms with Crippen LogP contribution in [-0.4, -0.2) is 11.2 Å². The van der Waals surface area contributed by atoms with Gasteiger partial charge in [-0.2, -0.15) is 5.10 Å². The van der Waals surface area contributed by atoms with Gasteiger partial charge in [-0.25, -0.2) is 5.01 Å². The molecule has 0 fully saturated rings. The standard InChI is InChI=1S/C23H18BrN2OPS/c1-17(27)23-25-26(20-14-12-19(24)13-15-20)16-22(18-8-4-2-5-9-18)28(23,29)21-10-6-3-7-11-21/h2-16H,1H3/t28-/m0/s1. The summed E-state index contributed by atoms with van der Waals surface area (Å²) in [6.07, 6.45) is 1.98. The van der Waals surface area contributed by atoms with Gasteiger partial charge in [-0.05, 0) is 35.1 Å². The number of halogens is 1. The Balaban J connectivity index is 1.98. The van der Waals surface area contributed by atoms with Crippen molar-refractivity contribution in [1.29, 1.82) is 0 Å². The number of benzene rings is 3. The number of hydrazone groups is 1. The van der Waals surface area contributed by atoms with Crippen LogP contribution in [0.25, 0.3) is 5.31 Å². The van der Waals surface area contributed by atoms with Gasteiger partial charge in [0.1, 0.15) is 5.45 Å². The highest BCUT2D eigenvalue weighted by Crippen LogP contribution is 2.61. The van der Waals surface area contributed by atoms with Crippen LogP contribution < -0.4 is 10.3 Å². The van der Waals surface area contributed by atoms with Gasteiger partial charge in [0.15, 0.2) is 5.78 Å². The highest BCUT2D eigenvalue weighted by atomic mass is 79.9. The first kappa shape index (κ1) is 20.0. The molecule has 3 aromatic rings. The topological polar surface area (TPSA) is 32.7 Å². The average Bonchev–Trinajstić information content (AvgIpc) is 2.75. The molecule has 0 bridgehead atoms. The summed E-state index contributed by atoms with van der Waals surface area (Å²) in [7, 11) is 0. The molecule has 1 heterocycles. The van der Waals surface area contributed by atoms with Gasteiger partial charge in [-0.3, -0.25) is 4.79 Å². The third-order valence-corrected chi connectivity index (χ3v) is 10.0. The molecule has 1 atom stereocenters. The maximum Gasteiger partial charge on any atom is 0.181 e. The molecule has 0 saturated carbocycles. The van der Waals surface area contributed by atoms with Gasteiger partial charge in [0.05, 0.1) is 11.7 Å². The molecule has 6 heteroatoms. The fourth-order valence-corrected chi connectivity index (χ4v) is 7.66. The average molecular weight is 481 g/mol. The van der Waals surface area contributed by atoms with Crippen molar-refractivity contribution in [3.05, 3.63) is 101 Å². The van der Waals surface area contributed by atoms with E-state index in [1.54, 1.807) is 11.9 Å². The second-order valence-electron chi connectivity index (χ2n) is 6.63. The van der Waals surface area contributed by atoms with Crippen LogP contribution in [-0.2, 0) is 16.6 Å². The van der Waals surface area contributed by atoms with Crippen LogP contribution >= 0.6 is 22.0 Å². The smallest absolute Gasteiger partial charge is 0.181 e. The zero-order valence-corrected chi connectivity index (χ0v) is 19.0. The Bertz CT molecular complexity index is 1160. The molecule has 0 saturated heterocycles. The third-order valence-electron chi connectivity index (χ3n) is 4.68. The number of anilines is 1. The van der Waals surface area contributed by atoms with Gasteiger partial charge in [-0.1, -0.05) is 88.4 Å². The molecule has 0 amide bonds. The van der Waals surface area contributed by atoms with Crippen molar-refractivity contribution >= 4 is 61.3 Å². The Morgan fingerprint density at radius 2 is 1.52 bits per heavy atom. The Hall–Kier alpha value is -2.33. The summed E-state index contributed by atoms with van der Waals surface area (Å²) < 4.78 is 0.982. The second kappa shape index (κ2) is 8.19. The van der Waals surface area contributed by atoms with E-state index in [0.29, 0.717) is 5.45 Å². The molecular weight excluding hydrogens is 463 g/mol. The number of hydrogen-bond donors (Lipinski definition) is 0. The fourth-order valence-electron chi connectivity index (χ4n) is 3.29. The van der Waals surface area contributed by atoms with Crippen LogP contribution in [0.1, 0.15) is 12.5 Å². The lowest BCUT2D eigenvalue weighted by Crippen LogP contribution is -2.27. The zero-order chi connectivity index (χ0) is 20.4. The predicted octanol–water partition coefficient (Wildman–Crippen LogP) is 5.98. The lowest BCUT2D eigenvalue weighted by molar-refractivity contribution is -0.110. The number of nitrogens with zero attached hydrogens (tertiary/aromatic N) is 2. The Morgan fingerprint density at radius 1 is 0.931 bits per heavy atom. The fraction of sp³-hybridized carbons (Fsp3) is 0.0435. The Morgan fingerprint density at radius 3 is 2.10 bits per heavy atom. The van der Waals surface area contributed by atoms with Crippen molar-refractivity contribution in [2.45, 2.75) is 6.92 Å². The van der Waals surface area contributed by atoms with Crippen molar-refractivity contribution in [3.63, 3.8) is 0 Å². The molecule has 3 nitrogen and oxygen atoms in total. The summed E-state index contributed by atoms with van der Waals surface area (Å²) in [5.41, 5.74) is 2.33. The number of carbonyl (C=O) groups excluding carboxylic acids is 1. The van der Waals surface area contributed by atoms with Gasteiger partial charge >= 0.3 is 0 Å². The van der Waals surface area contributed by atoms with Gasteiger partial charge in [0, 0.05) is 22.9 Å². The Labute approximate surface area is 183 Å². The molecule has 1 aliphatic heterocycles. The van der Waals surface area contributed by atoms with Crippen LogP contribution in [0.5, 0.6) is 0 Å². The number of carbonyl (C=O) groups is 1. The van der Waals surface area contributed by atoms with Crippen molar-refractivity contribution < 1.29 is 4.79 Å². The number of hydrogen-bond acceptors (Lipinski definition) is 4. The highest BCUT2D eigenvalue weighted by Gasteiger charge is 2.38. The zero-order valence-electron chi connectivity index (χ0n) is 15.7. The number of rotatable bonds is 4. The minimum absolute atomic E-state index is 0.0965. The van der Waals surface area contributed by atoms with Crippen LogP contribution in [0.15, 0.2) is 101 Å². The predicted molar refractivity (Wildman–Crippen MR) is 130 cm³/mol. The molecule has 0 radical (unpaired) electrons. The van der Waals surface area contributed by atoms with Crippen LogP contribution in [0.4, 0.5) is 5.69 Å². The van der Waals surface area contributed by atoms with Gasteiger partial charge < -0.3 is 0 Å². The van der Waals surface area contributed by atoms with E-state index < -0.39 is 6.04 Å². The summed E-state index contributed by atoms with van der Waals surface area (Å²) in [5, 5.41) is 8.43. The van der Waals surface area contributed by atoms with Crippen LogP contribution in [0.3, 0.4) is 0 Å². The van der Waals surface area contributed by atoms with E-state index in [-0.39, 0.29) is 5.78 Å². The quantitative estimate of drug-likeness (QED) is 0.430. The first-order valence-electron chi connectivity index (χ1n) is 9.08. The molecular formula is C23H18BrN2OPS. The third kappa shape index (κ3) is 3.78. The van der Waals surface area contributed by atoms with E-state index in [2.05, 4.69) is 15.9 Å². The maximum atomic E-state index is 12.8. The molecule has 0 N–H and O–H groups in total. The first-order valence-corrected chi connectivity index (χ1v) is 12.7. The summed E-state index contributed by atoms with van der Waals surface area (Å²) in [5.74, 6) is -0.0965. The Kier molecular flexibility index (Phi) is 5.64. The van der Waals surface area contributed by atoms with Gasteiger partial charge in [0.25, 0.3) is 0 Å². The van der Waals surface area contributed by atoms with E-state index in [9.17, 15) is 4.79 Å². The molecule has 4 rings (SSSR count). The minimum atomic E-state index is -2.59. The van der Waals surface area contributed by atoms with E-state index in [4.69, 9.17) is 16.9 Å². The molecule has 144 valence electrons. The van der Waals surface area contributed by atoms with E-state index >= 15 is 0 Å². The van der Waals surface area contributed by atoms with Crippen molar-refractivity contribution in [2.24, 2.45) is 5.10 Å². The molecule has 1 aliphatic rings. The molecule has 0 aliphatic carbocycles. The second-order valence-corrected chi connectivity index (χ2v) is 11.8. The van der Waals surface area contributed by atoms with Crippen molar-refractivity contribution in [2.75, 3.05) is 5.01 Å². The van der Waals surface area contributed by atoms with E-state index in [1.807, 2.05) is 91.1 Å². The van der Waals surface area contributed by atoms with Crippen LogP contribution in [0.2, 0.25) is 0 Å². The maximum absolute atomic E-state index is 12.8.